The molecule has 0 saturated carbocycles. The summed E-state index contributed by atoms with van der Waals surface area (Å²) in [5, 5.41) is 22.5. The molecule has 0 aliphatic rings. The van der Waals surface area contributed by atoms with E-state index in [4.69, 9.17) is 9.52 Å². The lowest BCUT2D eigenvalue weighted by Crippen LogP contribution is -2.46. The zero-order chi connectivity index (χ0) is 15.5. The molecule has 0 aliphatic carbocycles. The Morgan fingerprint density at radius 1 is 1.52 bits per heavy atom. The molecule has 0 fully saturated rings. The van der Waals surface area contributed by atoms with E-state index in [1.807, 2.05) is 17.5 Å². The fourth-order valence-corrected chi connectivity index (χ4v) is 2.13. The number of nitrogens with one attached hydrogen (secondary N) is 1. The summed E-state index contributed by atoms with van der Waals surface area (Å²) in [4.78, 5) is 27.4. The highest BCUT2D eigenvalue weighted by atomic mass is 32.1. The highest BCUT2D eigenvalue weighted by Gasteiger charge is 2.30. The molecular formula is C13H14N2O5S. The fourth-order valence-electron chi connectivity index (χ4n) is 1.47. The van der Waals surface area contributed by atoms with E-state index in [-0.39, 0.29) is 13.0 Å². The number of aromatic nitrogens is 1. The average Bonchev–Trinajstić information content (AvgIpc) is 3.06. The Morgan fingerprint density at radius 2 is 2.29 bits per heavy atom. The van der Waals surface area contributed by atoms with Crippen LogP contribution in [-0.4, -0.2) is 39.2 Å². The number of amides is 1. The van der Waals surface area contributed by atoms with Crippen LogP contribution in [0, 0.1) is 0 Å². The van der Waals surface area contributed by atoms with Crippen LogP contribution >= 0.6 is 11.3 Å². The van der Waals surface area contributed by atoms with Gasteiger partial charge in [-0.05, 0) is 18.4 Å². The van der Waals surface area contributed by atoms with Gasteiger partial charge in [0.2, 0.25) is 11.8 Å². The van der Waals surface area contributed by atoms with Crippen molar-refractivity contribution in [2.45, 2.75) is 18.9 Å². The van der Waals surface area contributed by atoms with Gasteiger partial charge in [0.1, 0.15) is 6.26 Å². The molecule has 0 saturated heterocycles. The van der Waals surface area contributed by atoms with E-state index in [1.165, 1.54) is 17.6 Å². The van der Waals surface area contributed by atoms with Gasteiger partial charge in [-0.1, -0.05) is 6.07 Å². The number of oxazole rings is 1. The van der Waals surface area contributed by atoms with E-state index >= 15 is 0 Å². The molecule has 21 heavy (non-hydrogen) atoms. The lowest BCUT2D eigenvalue weighted by molar-refractivity contribution is -0.156. The zero-order valence-corrected chi connectivity index (χ0v) is 12.0. The van der Waals surface area contributed by atoms with Crippen LogP contribution in [0.3, 0.4) is 0 Å². The monoisotopic (exact) mass is 310 g/mol. The van der Waals surface area contributed by atoms with Crippen LogP contribution in [0.2, 0.25) is 0 Å². The number of carbonyl (C=O) groups excluding carboxylic acids is 1. The summed E-state index contributed by atoms with van der Waals surface area (Å²) in [7, 11) is 0. The molecule has 1 amide bonds. The Balaban J connectivity index is 1.90. The minimum atomic E-state index is -2.00. The van der Waals surface area contributed by atoms with Crippen LogP contribution in [0.5, 0.6) is 0 Å². The number of nitrogens with zero attached hydrogens (tertiary/aromatic N) is 1. The Labute approximate surface area is 124 Å². The van der Waals surface area contributed by atoms with Crippen LogP contribution in [0.15, 0.2) is 28.2 Å². The molecule has 1 unspecified atom stereocenters. The minimum absolute atomic E-state index is 0.0510. The molecule has 3 N–H and O–H groups in total. The maximum atomic E-state index is 11.7. The van der Waals surface area contributed by atoms with E-state index < -0.39 is 17.5 Å². The lowest BCUT2D eigenvalue weighted by atomic mass is 10.1. The van der Waals surface area contributed by atoms with Gasteiger partial charge in [0.05, 0.1) is 23.5 Å². The molecule has 2 aromatic heterocycles. The van der Waals surface area contributed by atoms with Crippen LogP contribution in [0.1, 0.15) is 12.6 Å². The second kappa shape index (κ2) is 6.06. The van der Waals surface area contributed by atoms with Gasteiger partial charge in [0.15, 0.2) is 5.60 Å². The van der Waals surface area contributed by atoms with Crippen molar-refractivity contribution in [1.29, 1.82) is 0 Å². The molecule has 0 aromatic carbocycles. The predicted octanol–water partition coefficient (Wildman–Crippen LogP) is 0.897. The molecular weight excluding hydrogens is 296 g/mol. The molecule has 0 spiro atoms. The van der Waals surface area contributed by atoms with Crippen molar-refractivity contribution in [3.05, 3.63) is 29.5 Å². The van der Waals surface area contributed by atoms with Gasteiger partial charge in [-0.2, -0.15) is 0 Å². The maximum absolute atomic E-state index is 11.7. The molecule has 0 aliphatic heterocycles. The number of aliphatic carboxylic acids is 1. The second-order valence-electron chi connectivity index (χ2n) is 4.65. The molecule has 2 rings (SSSR count). The smallest absolute Gasteiger partial charge is 0.337 e. The van der Waals surface area contributed by atoms with Gasteiger partial charge in [0.25, 0.3) is 0 Å². The SMILES string of the molecule is CC(O)(CNC(=O)Cc1coc(-c2cccs2)n1)C(=O)O. The lowest BCUT2D eigenvalue weighted by Gasteiger charge is -2.17. The first-order chi connectivity index (χ1) is 9.88. The topological polar surface area (TPSA) is 113 Å². The fraction of sp³-hybridized carbons (Fsp3) is 0.308. The number of carbonyl (C=O) groups is 2. The second-order valence-corrected chi connectivity index (χ2v) is 5.60. The Kier molecular flexibility index (Phi) is 4.39. The third-order valence-electron chi connectivity index (χ3n) is 2.72. The molecule has 0 bridgehead atoms. The highest BCUT2D eigenvalue weighted by Crippen LogP contribution is 2.23. The number of carboxylic acids is 1. The summed E-state index contributed by atoms with van der Waals surface area (Å²) in [6, 6.07) is 3.72. The minimum Gasteiger partial charge on any atom is -0.479 e. The zero-order valence-electron chi connectivity index (χ0n) is 11.2. The summed E-state index contributed by atoms with van der Waals surface area (Å²) >= 11 is 1.47. The first kappa shape index (κ1) is 15.2. The van der Waals surface area contributed by atoms with Crippen molar-refractivity contribution < 1.29 is 24.2 Å². The summed E-state index contributed by atoms with van der Waals surface area (Å²) in [6.45, 7) is 0.734. The van der Waals surface area contributed by atoms with E-state index in [0.29, 0.717) is 11.6 Å². The predicted molar refractivity (Wildman–Crippen MR) is 74.8 cm³/mol. The van der Waals surface area contributed by atoms with Gasteiger partial charge in [-0.25, -0.2) is 9.78 Å². The van der Waals surface area contributed by atoms with E-state index in [0.717, 1.165) is 11.8 Å². The third-order valence-corrected chi connectivity index (χ3v) is 3.57. The summed E-state index contributed by atoms with van der Waals surface area (Å²) in [6.07, 6.45) is 1.33. The number of thiophene rings is 1. The summed E-state index contributed by atoms with van der Waals surface area (Å²) in [5.74, 6) is -1.41. The van der Waals surface area contributed by atoms with Gasteiger partial charge >= 0.3 is 5.97 Å². The maximum Gasteiger partial charge on any atom is 0.337 e. The number of rotatable bonds is 6. The Bertz CT molecular complexity index is 633. The van der Waals surface area contributed by atoms with Crippen LogP contribution in [-0.2, 0) is 16.0 Å². The van der Waals surface area contributed by atoms with Crippen molar-refractivity contribution in [2.75, 3.05) is 6.54 Å². The van der Waals surface area contributed by atoms with Crippen molar-refractivity contribution in [3.63, 3.8) is 0 Å². The molecule has 112 valence electrons. The first-order valence-corrected chi connectivity index (χ1v) is 6.97. The molecule has 8 heteroatoms. The van der Waals surface area contributed by atoms with Crippen LogP contribution < -0.4 is 5.32 Å². The largest absolute Gasteiger partial charge is 0.479 e. The van der Waals surface area contributed by atoms with Crippen molar-refractivity contribution in [2.24, 2.45) is 0 Å². The number of carboxylic acid groups (broad SMARTS) is 1. The van der Waals surface area contributed by atoms with E-state index in [1.54, 1.807) is 0 Å². The quantitative estimate of drug-likeness (QED) is 0.730. The highest BCUT2D eigenvalue weighted by molar-refractivity contribution is 7.13. The molecule has 2 heterocycles. The number of hydrogen-bond acceptors (Lipinski definition) is 6. The Hall–Kier alpha value is -2.19. The van der Waals surface area contributed by atoms with Crippen molar-refractivity contribution in [3.8, 4) is 10.8 Å². The van der Waals surface area contributed by atoms with Gasteiger partial charge < -0.3 is 19.9 Å². The molecule has 1 atom stereocenters. The normalized spacial score (nSPS) is 13.6. The van der Waals surface area contributed by atoms with Crippen LogP contribution in [0.4, 0.5) is 0 Å². The summed E-state index contributed by atoms with van der Waals surface area (Å²) in [5.41, 5.74) is -1.56. The number of aliphatic hydroxyl groups is 1. The molecule has 2 aromatic rings. The van der Waals surface area contributed by atoms with Gasteiger partial charge in [-0.15, -0.1) is 11.3 Å². The average molecular weight is 310 g/mol. The molecule has 7 nitrogen and oxygen atoms in total. The first-order valence-electron chi connectivity index (χ1n) is 6.09. The Morgan fingerprint density at radius 3 is 2.90 bits per heavy atom. The number of hydrogen-bond donors (Lipinski definition) is 3. The van der Waals surface area contributed by atoms with Crippen molar-refractivity contribution in [1.82, 2.24) is 10.3 Å². The van der Waals surface area contributed by atoms with Crippen molar-refractivity contribution >= 4 is 23.2 Å². The molecule has 0 radical (unpaired) electrons. The van der Waals surface area contributed by atoms with Gasteiger partial charge in [-0.3, -0.25) is 4.79 Å². The van der Waals surface area contributed by atoms with Gasteiger partial charge in [0, 0.05) is 0 Å². The summed E-state index contributed by atoms with van der Waals surface area (Å²) < 4.78 is 5.27. The standard InChI is InChI=1S/C13H14N2O5S/c1-13(19,12(17)18)7-14-10(16)5-8-6-20-11(15-8)9-3-2-4-21-9/h2-4,6,19H,5,7H2,1H3,(H,14,16)(H,17,18). The third kappa shape index (κ3) is 3.89. The van der Waals surface area contributed by atoms with E-state index in [2.05, 4.69) is 10.3 Å². The van der Waals surface area contributed by atoms with Crippen LogP contribution in [0.25, 0.3) is 10.8 Å². The van der Waals surface area contributed by atoms with E-state index in [9.17, 15) is 14.7 Å².